The Balaban J connectivity index is 3.02. The van der Waals surface area contributed by atoms with Gasteiger partial charge >= 0.3 is 0 Å². The van der Waals surface area contributed by atoms with E-state index in [4.69, 9.17) is 38.4 Å². The highest BCUT2D eigenvalue weighted by Crippen LogP contribution is 2.36. The number of benzene rings is 1. The molecule has 0 amide bonds. The molecule has 0 fully saturated rings. The molecule has 3 N–H and O–H groups in total. The third-order valence-electron chi connectivity index (χ3n) is 5.04. The summed E-state index contributed by atoms with van der Waals surface area (Å²) in [5.74, 6) is 0.0143. The molecular weight excluding hydrogens is 385 g/mol. The minimum Gasteiger partial charge on any atom is -0.409 e. The third kappa shape index (κ3) is 6.46. The Hall–Kier alpha value is -0.723. The van der Waals surface area contributed by atoms with E-state index in [2.05, 4.69) is 26.1 Å². The smallest absolute Gasteiger partial charge is 0.192 e. The van der Waals surface area contributed by atoms with Gasteiger partial charge in [0, 0.05) is 34.6 Å². The van der Waals surface area contributed by atoms with Crippen LogP contribution < -0.4 is 5.32 Å². The second-order valence-corrected chi connectivity index (χ2v) is 12.0. The van der Waals surface area contributed by atoms with Gasteiger partial charge in [0.2, 0.25) is 0 Å². The molecule has 7 heteroatoms. The summed E-state index contributed by atoms with van der Waals surface area (Å²) in [5.41, 5.74) is 0.842. The fourth-order valence-corrected chi connectivity index (χ4v) is 6.53. The van der Waals surface area contributed by atoms with E-state index in [0.717, 1.165) is 23.7 Å². The molecule has 0 radical (unpaired) electrons. The van der Waals surface area contributed by atoms with Gasteiger partial charge in [-0.05, 0) is 49.1 Å². The normalized spacial score (nSPS) is 14.0. The molecule has 4 nitrogen and oxygen atoms in total. The standard InChI is InChI=1S/C19H31Cl2N3OSi/c1-4-26(5-2,6-3)25-18(14-24-13-15(12-23)10-11-22)19-16(20)8-7-9-17(19)21/h7-9,11-12,15,18,22-24H,4-6,10,13-14H2,1-3H3. The summed E-state index contributed by atoms with van der Waals surface area (Å²) >= 11 is 12.9. The zero-order valence-corrected chi connectivity index (χ0v) is 18.5. The van der Waals surface area contributed by atoms with Gasteiger partial charge in [0.05, 0.1) is 6.10 Å². The third-order valence-corrected chi connectivity index (χ3v) is 10.3. The lowest BCUT2D eigenvalue weighted by Gasteiger charge is -2.34. The highest BCUT2D eigenvalue weighted by Gasteiger charge is 2.33. The van der Waals surface area contributed by atoms with Gasteiger partial charge < -0.3 is 20.6 Å². The molecule has 26 heavy (non-hydrogen) atoms. The van der Waals surface area contributed by atoms with Crippen LogP contribution in [0.3, 0.4) is 0 Å². The van der Waals surface area contributed by atoms with E-state index in [1.807, 2.05) is 18.2 Å². The zero-order chi connectivity index (χ0) is 19.6. The number of halogens is 2. The van der Waals surface area contributed by atoms with Crippen LogP contribution in [0.5, 0.6) is 0 Å². The highest BCUT2D eigenvalue weighted by molar-refractivity contribution is 6.73. The summed E-state index contributed by atoms with van der Waals surface area (Å²) in [4.78, 5) is 0. The maximum absolute atomic E-state index is 7.48. The first kappa shape index (κ1) is 23.3. The van der Waals surface area contributed by atoms with Crippen LogP contribution in [0.25, 0.3) is 0 Å². The molecule has 2 atom stereocenters. The van der Waals surface area contributed by atoms with Gasteiger partial charge in [-0.25, -0.2) is 0 Å². The Morgan fingerprint density at radius 1 is 1.08 bits per heavy atom. The quantitative estimate of drug-likeness (QED) is 0.275. The Morgan fingerprint density at radius 3 is 2.12 bits per heavy atom. The van der Waals surface area contributed by atoms with E-state index < -0.39 is 8.32 Å². The molecule has 0 aliphatic rings. The van der Waals surface area contributed by atoms with Crippen LogP contribution in [0.4, 0.5) is 0 Å². The van der Waals surface area contributed by atoms with Crippen LogP contribution in [0, 0.1) is 16.7 Å². The monoisotopic (exact) mass is 415 g/mol. The average molecular weight is 416 g/mol. The maximum Gasteiger partial charge on any atom is 0.192 e. The molecule has 1 aromatic carbocycles. The Morgan fingerprint density at radius 2 is 1.65 bits per heavy atom. The van der Waals surface area contributed by atoms with Gasteiger partial charge in [-0.2, -0.15) is 0 Å². The highest BCUT2D eigenvalue weighted by atomic mass is 35.5. The molecule has 0 aliphatic heterocycles. The molecule has 0 bridgehead atoms. The molecule has 1 rings (SSSR count). The van der Waals surface area contributed by atoms with Crippen molar-refractivity contribution < 1.29 is 4.43 Å². The molecule has 0 aliphatic carbocycles. The van der Waals surface area contributed by atoms with Gasteiger partial charge in [0.1, 0.15) is 0 Å². The van der Waals surface area contributed by atoms with Gasteiger partial charge in [0.15, 0.2) is 8.32 Å². The second-order valence-electron chi connectivity index (χ2n) is 6.51. The summed E-state index contributed by atoms with van der Waals surface area (Å²) in [6.45, 7) is 7.81. The van der Waals surface area contributed by atoms with E-state index in [1.165, 1.54) is 12.4 Å². The lowest BCUT2D eigenvalue weighted by atomic mass is 10.1. The van der Waals surface area contributed by atoms with Crippen molar-refractivity contribution in [1.29, 1.82) is 10.8 Å². The molecule has 0 saturated heterocycles. The Kier molecular flexibility index (Phi) is 10.7. The molecule has 1 aromatic rings. The first-order chi connectivity index (χ1) is 12.5. The fourth-order valence-electron chi connectivity index (χ4n) is 3.08. The van der Waals surface area contributed by atoms with Gasteiger partial charge in [0.25, 0.3) is 0 Å². The minimum atomic E-state index is -1.85. The predicted octanol–water partition coefficient (Wildman–Crippen LogP) is 5.95. The van der Waals surface area contributed by atoms with Crippen molar-refractivity contribution in [1.82, 2.24) is 5.32 Å². The van der Waals surface area contributed by atoms with E-state index in [-0.39, 0.29) is 12.0 Å². The number of hydrogen-bond donors (Lipinski definition) is 3. The summed E-state index contributed by atoms with van der Waals surface area (Å²) < 4.78 is 6.71. The maximum atomic E-state index is 7.48. The van der Waals surface area contributed by atoms with Crippen LogP contribution in [-0.2, 0) is 4.43 Å². The van der Waals surface area contributed by atoms with Crippen LogP contribution in [0.1, 0.15) is 38.9 Å². The SMILES string of the molecule is CC[Si](CC)(CC)OC(CNCC(C=N)CC=N)c1c(Cl)cccc1Cl. The predicted molar refractivity (Wildman–Crippen MR) is 116 cm³/mol. The number of hydrogen-bond acceptors (Lipinski definition) is 4. The largest absolute Gasteiger partial charge is 0.409 e. The number of rotatable bonds is 13. The zero-order valence-electron chi connectivity index (χ0n) is 15.9. The van der Waals surface area contributed by atoms with Crippen molar-refractivity contribution in [3.8, 4) is 0 Å². The molecular formula is C19H31Cl2N3OSi. The molecule has 0 heterocycles. The van der Waals surface area contributed by atoms with Crippen LogP contribution in [-0.4, -0.2) is 33.8 Å². The molecule has 0 aromatic heterocycles. The van der Waals surface area contributed by atoms with Gasteiger partial charge in [-0.15, -0.1) is 0 Å². The van der Waals surface area contributed by atoms with Crippen LogP contribution >= 0.6 is 23.2 Å². The first-order valence-corrected chi connectivity index (χ1v) is 12.6. The van der Waals surface area contributed by atoms with Crippen molar-refractivity contribution in [3.63, 3.8) is 0 Å². The second kappa shape index (κ2) is 11.9. The van der Waals surface area contributed by atoms with E-state index >= 15 is 0 Å². The summed E-state index contributed by atoms with van der Waals surface area (Å²) in [6, 6.07) is 8.70. The average Bonchev–Trinajstić information content (AvgIpc) is 2.64. The summed E-state index contributed by atoms with van der Waals surface area (Å²) in [7, 11) is -1.85. The van der Waals surface area contributed by atoms with E-state index in [9.17, 15) is 0 Å². The van der Waals surface area contributed by atoms with Gasteiger partial charge in [-0.1, -0.05) is 50.0 Å². The van der Waals surface area contributed by atoms with Crippen molar-refractivity contribution in [2.75, 3.05) is 13.1 Å². The fraction of sp³-hybridized carbons (Fsp3) is 0.579. The lowest BCUT2D eigenvalue weighted by molar-refractivity contribution is 0.185. The minimum absolute atomic E-state index is 0.0143. The summed E-state index contributed by atoms with van der Waals surface area (Å²) in [5, 5.41) is 19.4. The number of nitrogens with one attached hydrogen (secondary N) is 3. The lowest BCUT2D eigenvalue weighted by Crippen LogP contribution is -2.40. The van der Waals surface area contributed by atoms with E-state index in [0.29, 0.717) is 29.6 Å². The van der Waals surface area contributed by atoms with Crippen molar-refractivity contribution >= 4 is 43.9 Å². The van der Waals surface area contributed by atoms with Crippen LogP contribution in [0.15, 0.2) is 18.2 Å². The first-order valence-electron chi connectivity index (χ1n) is 9.28. The topological polar surface area (TPSA) is 69.0 Å². The van der Waals surface area contributed by atoms with Crippen molar-refractivity contribution in [3.05, 3.63) is 33.8 Å². The molecule has 0 saturated carbocycles. The van der Waals surface area contributed by atoms with Crippen molar-refractivity contribution in [2.45, 2.75) is 51.4 Å². The Bertz CT molecular complexity index is 553. The van der Waals surface area contributed by atoms with Crippen molar-refractivity contribution in [2.24, 2.45) is 5.92 Å². The summed E-state index contributed by atoms with van der Waals surface area (Å²) in [6.07, 6.45) is 3.08. The van der Waals surface area contributed by atoms with E-state index in [1.54, 1.807) is 0 Å². The molecule has 0 spiro atoms. The van der Waals surface area contributed by atoms with Crippen LogP contribution in [0.2, 0.25) is 28.2 Å². The molecule has 146 valence electrons. The Labute approximate surface area is 168 Å². The van der Waals surface area contributed by atoms with Gasteiger partial charge in [-0.3, -0.25) is 0 Å². The molecule has 2 unspecified atom stereocenters.